The summed E-state index contributed by atoms with van der Waals surface area (Å²) in [5.41, 5.74) is 1.75. The number of aromatic nitrogens is 1. The minimum absolute atomic E-state index is 0.113. The van der Waals surface area contributed by atoms with E-state index < -0.39 is 8.32 Å². The first-order valence-corrected chi connectivity index (χ1v) is 12.3. The van der Waals surface area contributed by atoms with E-state index in [1.54, 1.807) is 6.21 Å². The SMILES string of the molecule is CC(C)(C)[Si](O/N=C/c1cccc(CBr)n1)(c1ccccc1)c1ccccc1. The third-order valence-electron chi connectivity index (χ3n) is 4.76. The zero-order chi connectivity index (χ0) is 20.0. The third-order valence-corrected chi connectivity index (χ3v) is 10.1. The maximum absolute atomic E-state index is 6.50. The van der Waals surface area contributed by atoms with E-state index in [0.29, 0.717) is 5.33 Å². The summed E-state index contributed by atoms with van der Waals surface area (Å²) in [5.74, 6) is 0. The van der Waals surface area contributed by atoms with E-state index in [4.69, 9.17) is 4.53 Å². The normalized spacial score (nSPS) is 12.3. The Morgan fingerprint density at radius 2 is 1.46 bits per heavy atom. The molecule has 0 aliphatic heterocycles. The summed E-state index contributed by atoms with van der Waals surface area (Å²) in [5, 5.41) is 7.47. The van der Waals surface area contributed by atoms with Crippen molar-refractivity contribution in [1.82, 2.24) is 4.98 Å². The van der Waals surface area contributed by atoms with E-state index in [-0.39, 0.29) is 5.04 Å². The number of hydrogen-bond donors (Lipinski definition) is 0. The quantitative estimate of drug-likeness (QED) is 0.231. The first kappa shape index (κ1) is 20.5. The van der Waals surface area contributed by atoms with Gasteiger partial charge in [-0.1, -0.05) is 103 Å². The van der Waals surface area contributed by atoms with Crippen molar-refractivity contribution in [3.8, 4) is 0 Å². The number of rotatable bonds is 6. The molecule has 5 heteroatoms. The van der Waals surface area contributed by atoms with E-state index in [2.05, 4.69) is 95.4 Å². The highest BCUT2D eigenvalue weighted by Gasteiger charge is 2.53. The summed E-state index contributed by atoms with van der Waals surface area (Å²) in [6.45, 7) is 6.70. The molecule has 0 radical (unpaired) electrons. The second kappa shape index (κ2) is 8.84. The van der Waals surface area contributed by atoms with Crippen LogP contribution in [0.4, 0.5) is 0 Å². The molecule has 1 aromatic heterocycles. The van der Waals surface area contributed by atoms with Gasteiger partial charge < -0.3 is 4.53 Å². The van der Waals surface area contributed by atoms with Crippen LogP contribution in [-0.2, 0) is 9.86 Å². The second-order valence-electron chi connectivity index (χ2n) is 7.68. The van der Waals surface area contributed by atoms with Gasteiger partial charge in [-0.2, -0.15) is 0 Å². The van der Waals surface area contributed by atoms with Crippen LogP contribution in [0.25, 0.3) is 0 Å². The van der Waals surface area contributed by atoms with Crippen LogP contribution in [0, 0.1) is 0 Å². The van der Waals surface area contributed by atoms with Gasteiger partial charge in [0.15, 0.2) is 0 Å². The van der Waals surface area contributed by atoms with Crippen LogP contribution in [0.3, 0.4) is 0 Å². The van der Waals surface area contributed by atoms with Crippen molar-refractivity contribution in [3.63, 3.8) is 0 Å². The molecule has 1 heterocycles. The third kappa shape index (κ3) is 4.26. The summed E-state index contributed by atoms with van der Waals surface area (Å²) in [6.07, 6.45) is 1.71. The standard InChI is InChI=1S/C23H25BrN2OSi/c1-23(2,3)28(21-13-6-4-7-14-21,22-15-8-5-9-16-22)27-25-18-20-12-10-11-19(17-24)26-20/h4-16,18H,17H2,1-3H3/b25-18+. The number of oxime groups is 1. The van der Waals surface area contributed by atoms with Crippen LogP contribution in [0.2, 0.25) is 5.04 Å². The highest BCUT2D eigenvalue weighted by molar-refractivity contribution is 9.08. The first-order chi connectivity index (χ1) is 13.5. The van der Waals surface area contributed by atoms with E-state index in [1.165, 1.54) is 10.4 Å². The Morgan fingerprint density at radius 3 is 1.96 bits per heavy atom. The van der Waals surface area contributed by atoms with E-state index in [9.17, 15) is 0 Å². The van der Waals surface area contributed by atoms with Crippen molar-refractivity contribution >= 4 is 40.8 Å². The average Bonchev–Trinajstić information content (AvgIpc) is 2.72. The van der Waals surface area contributed by atoms with Gasteiger partial charge in [0.1, 0.15) is 0 Å². The number of alkyl halides is 1. The molecule has 3 rings (SSSR count). The van der Waals surface area contributed by atoms with Crippen molar-refractivity contribution in [2.24, 2.45) is 5.16 Å². The topological polar surface area (TPSA) is 34.5 Å². The molecule has 0 saturated carbocycles. The highest BCUT2D eigenvalue weighted by atomic mass is 79.9. The zero-order valence-corrected chi connectivity index (χ0v) is 19.1. The second-order valence-corrected chi connectivity index (χ2v) is 12.4. The Morgan fingerprint density at radius 1 is 0.893 bits per heavy atom. The van der Waals surface area contributed by atoms with Gasteiger partial charge >= 0.3 is 8.32 Å². The first-order valence-electron chi connectivity index (χ1n) is 9.32. The highest BCUT2D eigenvalue weighted by Crippen LogP contribution is 2.36. The molecule has 144 valence electrons. The average molecular weight is 453 g/mol. The van der Waals surface area contributed by atoms with Crippen LogP contribution in [0.1, 0.15) is 32.2 Å². The van der Waals surface area contributed by atoms with Gasteiger partial charge in [0.05, 0.1) is 17.6 Å². The van der Waals surface area contributed by atoms with Crippen LogP contribution in [0.5, 0.6) is 0 Å². The predicted octanol–water partition coefficient (Wildman–Crippen LogP) is 4.89. The lowest BCUT2D eigenvalue weighted by molar-refractivity contribution is 0.321. The molecule has 0 atom stereocenters. The lowest BCUT2D eigenvalue weighted by Crippen LogP contribution is -2.65. The monoisotopic (exact) mass is 452 g/mol. The van der Waals surface area contributed by atoms with E-state index >= 15 is 0 Å². The van der Waals surface area contributed by atoms with Crippen molar-refractivity contribution in [3.05, 3.63) is 90.3 Å². The van der Waals surface area contributed by atoms with Gasteiger partial charge in [-0.15, -0.1) is 5.16 Å². The smallest absolute Gasteiger partial charge is 0.354 e. The molecule has 0 saturated heterocycles. The van der Waals surface area contributed by atoms with Gasteiger partial charge in [-0.25, -0.2) is 0 Å². The van der Waals surface area contributed by atoms with Gasteiger partial charge in [-0.3, -0.25) is 4.98 Å². The predicted molar refractivity (Wildman–Crippen MR) is 123 cm³/mol. The van der Waals surface area contributed by atoms with Crippen molar-refractivity contribution < 1.29 is 4.53 Å². The van der Waals surface area contributed by atoms with Gasteiger partial charge in [0.2, 0.25) is 0 Å². The minimum Gasteiger partial charge on any atom is -0.443 e. The molecule has 0 amide bonds. The Balaban J connectivity index is 2.07. The fraction of sp³-hybridized carbons (Fsp3) is 0.217. The Hall–Kier alpha value is -2.24. The maximum atomic E-state index is 6.50. The molecule has 0 spiro atoms. The molecule has 0 unspecified atom stereocenters. The van der Waals surface area contributed by atoms with Crippen molar-refractivity contribution in [2.45, 2.75) is 31.1 Å². The molecule has 28 heavy (non-hydrogen) atoms. The molecular formula is C23H25BrN2OSi. The fourth-order valence-electron chi connectivity index (χ4n) is 3.42. The van der Waals surface area contributed by atoms with Crippen molar-refractivity contribution in [2.75, 3.05) is 0 Å². The maximum Gasteiger partial charge on any atom is 0.354 e. The van der Waals surface area contributed by atoms with Crippen LogP contribution >= 0.6 is 15.9 Å². The molecule has 0 fully saturated rings. The summed E-state index contributed by atoms with van der Waals surface area (Å²) >= 11 is 3.45. The summed E-state index contributed by atoms with van der Waals surface area (Å²) in [7, 11) is -2.66. The number of hydrogen-bond acceptors (Lipinski definition) is 3. The fourth-order valence-corrected chi connectivity index (χ4v) is 7.82. The van der Waals surface area contributed by atoms with E-state index in [1.807, 2.05) is 30.3 Å². The van der Waals surface area contributed by atoms with Gasteiger partial charge in [0.25, 0.3) is 0 Å². The summed E-state index contributed by atoms with van der Waals surface area (Å²) in [4.78, 5) is 4.56. The van der Waals surface area contributed by atoms with Gasteiger partial charge in [-0.05, 0) is 22.5 Å². The van der Waals surface area contributed by atoms with Gasteiger partial charge in [0, 0.05) is 10.4 Å². The van der Waals surface area contributed by atoms with Crippen LogP contribution in [0.15, 0.2) is 84.0 Å². The molecule has 0 bridgehead atoms. The molecule has 0 N–H and O–H groups in total. The molecule has 3 aromatic rings. The Bertz CT molecular complexity index is 885. The number of halogens is 1. The van der Waals surface area contributed by atoms with Crippen LogP contribution in [-0.4, -0.2) is 19.5 Å². The Labute approximate surface area is 176 Å². The molecule has 2 aromatic carbocycles. The molecule has 0 aliphatic carbocycles. The number of nitrogens with zero attached hydrogens (tertiary/aromatic N) is 2. The summed E-state index contributed by atoms with van der Waals surface area (Å²) < 4.78 is 6.50. The summed E-state index contributed by atoms with van der Waals surface area (Å²) in [6, 6.07) is 26.9. The lowest BCUT2D eigenvalue weighted by atomic mass is 10.2. The number of pyridine rings is 1. The van der Waals surface area contributed by atoms with E-state index in [0.717, 1.165) is 11.4 Å². The van der Waals surface area contributed by atoms with Crippen molar-refractivity contribution in [1.29, 1.82) is 0 Å². The molecular weight excluding hydrogens is 428 g/mol. The van der Waals surface area contributed by atoms with Crippen LogP contribution < -0.4 is 10.4 Å². The Kier molecular flexibility index (Phi) is 6.47. The number of benzene rings is 2. The molecule has 0 aliphatic rings. The largest absolute Gasteiger partial charge is 0.443 e. The zero-order valence-electron chi connectivity index (χ0n) is 16.5. The molecule has 3 nitrogen and oxygen atoms in total. The minimum atomic E-state index is -2.66. The lowest BCUT2D eigenvalue weighted by Gasteiger charge is -2.40.